The number of methoxy groups -OCH3 is 1. The van der Waals surface area contributed by atoms with E-state index in [-0.39, 0.29) is 0 Å². The van der Waals surface area contributed by atoms with Gasteiger partial charge in [-0.2, -0.15) is 0 Å². The highest BCUT2D eigenvalue weighted by molar-refractivity contribution is 5.39. The molecule has 0 amide bonds. The van der Waals surface area contributed by atoms with E-state index in [1.54, 1.807) is 7.11 Å². The van der Waals surface area contributed by atoms with Crippen molar-refractivity contribution in [3.8, 4) is 5.75 Å². The van der Waals surface area contributed by atoms with Gasteiger partial charge in [0, 0.05) is 7.11 Å². The fourth-order valence-electron chi connectivity index (χ4n) is 1.69. The predicted molar refractivity (Wildman–Crippen MR) is 74.9 cm³/mol. The first-order chi connectivity index (χ1) is 9.25. The smallest absolute Gasteiger partial charge is 0.125 e. The van der Waals surface area contributed by atoms with E-state index in [0.29, 0.717) is 39.6 Å². The molecule has 0 saturated carbocycles. The normalized spacial score (nSPS) is 10.7. The van der Waals surface area contributed by atoms with E-state index in [2.05, 4.69) is 0 Å². The number of para-hydroxylation sites is 1. The van der Waals surface area contributed by atoms with Crippen molar-refractivity contribution in [1.82, 2.24) is 0 Å². The van der Waals surface area contributed by atoms with Crippen LogP contribution in [0.4, 0.5) is 0 Å². The molecular formula is C15H24O4. The summed E-state index contributed by atoms with van der Waals surface area (Å²) in [5.74, 6) is 0.961. The number of aryl methyl sites for hydroxylation is 2. The molecule has 0 aliphatic rings. The molecule has 19 heavy (non-hydrogen) atoms. The molecule has 1 aromatic carbocycles. The highest BCUT2D eigenvalue weighted by Gasteiger charge is 2.02. The lowest BCUT2D eigenvalue weighted by Gasteiger charge is -2.12. The minimum absolute atomic E-state index is 0.559. The Bertz CT molecular complexity index is 332. The number of benzene rings is 1. The molecule has 0 aliphatic carbocycles. The van der Waals surface area contributed by atoms with Crippen molar-refractivity contribution in [3.05, 3.63) is 29.3 Å². The van der Waals surface area contributed by atoms with Crippen molar-refractivity contribution in [2.24, 2.45) is 0 Å². The van der Waals surface area contributed by atoms with Crippen LogP contribution in [0.2, 0.25) is 0 Å². The van der Waals surface area contributed by atoms with E-state index >= 15 is 0 Å². The maximum Gasteiger partial charge on any atom is 0.125 e. The van der Waals surface area contributed by atoms with Crippen LogP contribution >= 0.6 is 0 Å². The van der Waals surface area contributed by atoms with Crippen LogP contribution in [0.1, 0.15) is 11.1 Å². The van der Waals surface area contributed by atoms with E-state index in [9.17, 15) is 0 Å². The summed E-state index contributed by atoms with van der Waals surface area (Å²) in [6.45, 7) is 7.63. The molecule has 4 heteroatoms. The van der Waals surface area contributed by atoms with Crippen molar-refractivity contribution in [2.45, 2.75) is 13.8 Å². The third-order valence-corrected chi connectivity index (χ3v) is 2.69. The first kappa shape index (κ1) is 16.0. The number of ether oxygens (including phenoxy) is 4. The summed E-state index contributed by atoms with van der Waals surface area (Å²) in [5.41, 5.74) is 2.31. The first-order valence-corrected chi connectivity index (χ1v) is 6.59. The van der Waals surface area contributed by atoms with Gasteiger partial charge >= 0.3 is 0 Å². The number of hydrogen-bond donors (Lipinski definition) is 0. The van der Waals surface area contributed by atoms with Crippen LogP contribution in [-0.2, 0) is 14.2 Å². The lowest BCUT2D eigenvalue weighted by atomic mass is 10.1. The summed E-state index contributed by atoms with van der Waals surface area (Å²) in [7, 11) is 1.66. The Kier molecular flexibility index (Phi) is 8.21. The fraction of sp³-hybridized carbons (Fsp3) is 0.600. The number of rotatable bonds is 10. The molecule has 0 radical (unpaired) electrons. The summed E-state index contributed by atoms with van der Waals surface area (Å²) in [5, 5.41) is 0. The quantitative estimate of drug-likeness (QED) is 0.610. The third kappa shape index (κ3) is 6.57. The van der Waals surface area contributed by atoms with Crippen LogP contribution in [-0.4, -0.2) is 46.8 Å². The van der Waals surface area contributed by atoms with Gasteiger partial charge in [-0.15, -0.1) is 0 Å². The maximum absolute atomic E-state index is 5.73. The van der Waals surface area contributed by atoms with Crippen molar-refractivity contribution in [1.29, 1.82) is 0 Å². The molecule has 0 aliphatic heterocycles. The molecule has 0 unspecified atom stereocenters. The SMILES string of the molecule is COCCOCCOCCOc1c(C)cccc1C. The van der Waals surface area contributed by atoms with Crippen molar-refractivity contribution in [3.63, 3.8) is 0 Å². The van der Waals surface area contributed by atoms with Gasteiger partial charge in [-0.3, -0.25) is 0 Å². The minimum atomic E-state index is 0.559. The Balaban J connectivity index is 2.05. The van der Waals surface area contributed by atoms with Gasteiger partial charge < -0.3 is 18.9 Å². The minimum Gasteiger partial charge on any atom is -0.491 e. The Hall–Kier alpha value is -1.10. The molecule has 1 aromatic rings. The summed E-state index contributed by atoms with van der Waals surface area (Å²) >= 11 is 0. The molecule has 0 saturated heterocycles. The lowest BCUT2D eigenvalue weighted by Crippen LogP contribution is -2.12. The molecule has 4 nitrogen and oxygen atoms in total. The maximum atomic E-state index is 5.73. The van der Waals surface area contributed by atoms with Crippen LogP contribution < -0.4 is 4.74 Å². The topological polar surface area (TPSA) is 36.9 Å². The lowest BCUT2D eigenvalue weighted by molar-refractivity contribution is 0.0179. The van der Waals surface area contributed by atoms with Gasteiger partial charge in [-0.1, -0.05) is 18.2 Å². The van der Waals surface area contributed by atoms with Crippen molar-refractivity contribution in [2.75, 3.05) is 46.8 Å². The van der Waals surface area contributed by atoms with Gasteiger partial charge in [-0.05, 0) is 25.0 Å². The highest BCUT2D eigenvalue weighted by Crippen LogP contribution is 2.21. The Morgan fingerprint density at radius 2 is 1.32 bits per heavy atom. The van der Waals surface area contributed by atoms with Crippen molar-refractivity contribution >= 4 is 0 Å². The molecule has 0 fully saturated rings. The van der Waals surface area contributed by atoms with Gasteiger partial charge in [0.15, 0.2) is 0 Å². The predicted octanol–water partition coefficient (Wildman–Crippen LogP) is 2.36. The average Bonchev–Trinajstić information content (AvgIpc) is 2.40. The largest absolute Gasteiger partial charge is 0.491 e. The van der Waals surface area contributed by atoms with Gasteiger partial charge in [-0.25, -0.2) is 0 Å². The summed E-state index contributed by atoms with van der Waals surface area (Å²) in [4.78, 5) is 0. The Labute approximate surface area is 115 Å². The summed E-state index contributed by atoms with van der Waals surface area (Å²) < 4.78 is 21.3. The third-order valence-electron chi connectivity index (χ3n) is 2.69. The summed E-state index contributed by atoms with van der Waals surface area (Å²) in [6.07, 6.45) is 0. The van der Waals surface area contributed by atoms with Crippen LogP contribution in [0.25, 0.3) is 0 Å². The second-order valence-electron chi connectivity index (χ2n) is 4.29. The number of hydrogen-bond acceptors (Lipinski definition) is 4. The molecule has 0 atom stereocenters. The first-order valence-electron chi connectivity index (χ1n) is 6.59. The zero-order chi connectivity index (χ0) is 13.9. The Morgan fingerprint density at radius 3 is 1.89 bits per heavy atom. The zero-order valence-electron chi connectivity index (χ0n) is 12.1. The fourth-order valence-corrected chi connectivity index (χ4v) is 1.69. The van der Waals surface area contributed by atoms with Crippen LogP contribution in [0.5, 0.6) is 5.75 Å². The molecule has 0 spiro atoms. The molecule has 108 valence electrons. The highest BCUT2D eigenvalue weighted by atomic mass is 16.6. The average molecular weight is 268 g/mol. The Morgan fingerprint density at radius 1 is 0.789 bits per heavy atom. The molecule has 0 bridgehead atoms. The van der Waals surface area contributed by atoms with E-state index < -0.39 is 0 Å². The van der Waals surface area contributed by atoms with E-state index in [4.69, 9.17) is 18.9 Å². The van der Waals surface area contributed by atoms with E-state index in [0.717, 1.165) is 16.9 Å². The summed E-state index contributed by atoms with van der Waals surface area (Å²) in [6, 6.07) is 6.13. The van der Waals surface area contributed by atoms with Crippen LogP contribution in [0, 0.1) is 13.8 Å². The molecule has 1 rings (SSSR count). The molecular weight excluding hydrogens is 244 g/mol. The zero-order valence-corrected chi connectivity index (χ0v) is 12.1. The van der Waals surface area contributed by atoms with Crippen LogP contribution in [0.15, 0.2) is 18.2 Å². The standard InChI is InChI=1S/C15H24O4/c1-13-5-4-6-14(2)15(13)19-12-11-18-10-9-17-8-7-16-3/h4-6H,7-12H2,1-3H3. The van der Waals surface area contributed by atoms with Gasteiger partial charge in [0.25, 0.3) is 0 Å². The van der Waals surface area contributed by atoms with E-state index in [1.807, 2.05) is 32.0 Å². The second kappa shape index (κ2) is 9.78. The van der Waals surface area contributed by atoms with Gasteiger partial charge in [0.2, 0.25) is 0 Å². The second-order valence-corrected chi connectivity index (χ2v) is 4.29. The molecule has 0 N–H and O–H groups in total. The van der Waals surface area contributed by atoms with Crippen molar-refractivity contribution < 1.29 is 18.9 Å². The monoisotopic (exact) mass is 268 g/mol. The molecule has 0 heterocycles. The van der Waals surface area contributed by atoms with E-state index in [1.165, 1.54) is 0 Å². The van der Waals surface area contributed by atoms with Crippen LogP contribution in [0.3, 0.4) is 0 Å². The van der Waals surface area contributed by atoms with Gasteiger partial charge in [0.1, 0.15) is 12.4 Å². The molecule has 0 aromatic heterocycles. The van der Waals surface area contributed by atoms with Gasteiger partial charge in [0.05, 0.1) is 33.0 Å².